The van der Waals surface area contributed by atoms with Gasteiger partial charge in [0, 0.05) is 36.9 Å². The minimum atomic E-state index is 0.656. The first-order valence-electron chi connectivity index (χ1n) is 9.38. The summed E-state index contributed by atoms with van der Waals surface area (Å²) in [4.78, 5) is 11.3. The molecule has 1 aliphatic rings. The highest BCUT2D eigenvalue weighted by molar-refractivity contribution is 5.88. The summed E-state index contributed by atoms with van der Waals surface area (Å²) < 4.78 is 8.17. The molecule has 3 aromatic heterocycles. The molecule has 1 aliphatic heterocycles. The molecule has 6 rings (SSSR count). The van der Waals surface area contributed by atoms with E-state index in [0.717, 1.165) is 35.4 Å². The largest absolute Gasteiger partial charge is 0.423 e. The Kier molecular flexibility index (Phi) is 3.14. The third kappa shape index (κ3) is 2.33. The minimum Gasteiger partial charge on any atom is -0.423 e. The summed E-state index contributed by atoms with van der Waals surface area (Å²) >= 11 is 0. The van der Waals surface area contributed by atoms with Crippen LogP contribution in [-0.2, 0) is 20.1 Å². The number of aromatic nitrogens is 3. The van der Waals surface area contributed by atoms with Crippen LogP contribution in [-0.4, -0.2) is 14.5 Å². The molecule has 0 radical (unpaired) electrons. The molecule has 0 N–H and O–H groups in total. The van der Waals surface area contributed by atoms with Crippen LogP contribution in [0.1, 0.15) is 11.3 Å². The van der Waals surface area contributed by atoms with Crippen LogP contribution in [0.3, 0.4) is 0 Å². The molecule has 0 saturated heterocycles. The molecule has 0 fully saturated rings. The van der Waals surface area contributed by atoms with Crippen LogP contribution in [0.4, 0.5) is 6.01 Å². The molecule has 5 heteroatoms. The monoisotopic (exact) mass is 366 g/mol. The van der Waals surface area contributed by atoms with E-state index in [1.165, 1.54) is 22.0 Å². The summed E-state index contributed by atoms with van der Waals surface area (Å²) in [6.45, 7) is 1.52. The summed E-state index contributed by atoms with van der Waals surface area (Å²) in [5, 5.41) is 1.24. The van der Waals surface area contributed by atoms with Crippen molar-refractivity contribution < 1.29 is 4.42 Å². The van der Waals surface area contributed by atoms with E-state index < -0.39 is 0 Å². The van der Waals surface area contributed by atoms with E-state index in [1.54, 1.807) is 0 Å². The standard InChI is InChI=1S/C23H18N4O/c1-26-10-8-17-11-15(4-6-21(17)26)16-5-7-22-19(12-16)25-23(28-22)27-13-18-3-2-9-24-20(18)14-27/h2-12H,13-14H2,1H3. The zero-order valence-corrected chi connectivity index (χ0v) is 15.5. The van der Waals surface area contributed by atoms with Crippen molar-refractivity contribution in [2.24, 2.45) is 7.05 Å². The van der Waals surface area contributed by atoms with Crippen LogP contribution in [0.5, 0.6) is 0 Å². The third-order valence-corrected chi connectivity index (χ3v) is 5.55. The quantitative estimate of drug-likeness (QED) is 0.446. The molecule has 0 unspecified atom stereocenters. The first kappa shape index (κ1) is 15.5. The molecule has 28 heavy (non-hydrogen) atoms. The van der Waals surface area contributed by atoms with Crippen molar-refractivity contribution in [3.8, 4) is 11.1 Å². The van der Waals surface area contributed by atoms with E-state index >= 15 is 0 Å². The second-order valence-corrected chi connectivity index (χ2v) is 7.34. The Labute approximate surface area is 161 Å². The molecular weight excluding hydrogens is 348 g/mol. The zero-order chi connectivity index (χ0) is 18.7. The number of anilines is 1. The van der Waals surface area contributed by atoms with Gasteiger partial charge >= 0.3 is 0 Å². The van der Waals surface area contributed by atoms with Crippen LogP contribution in [0.15, 0.2) is 71.4 Å². The molecule has 0 saturated carbocycles. The molecule has 0 aliphatic carbocycles. The van der Waals surface area contributed by atoms with E-state index in [4.69, 9.17) is 9.40 Å². The molecule has 0 atom stereocenters. The predicted molar refractivity (Wildman–Crippen MR) is 110 cm³/mol. The normalized spacial score (nSPS) is 13.5. The van der Waals surface area contributed by atoms with Crippen molar-refractivity contribution >= 4 is 28.0 Å². The average molecular weight is 366 g/mol. The lowest BCUT2D eigenvalue weighted by molar-refractivity contribution is 0.573. The maximum atomic E-state index is 6.03. The lowest BCUT2D eigenvalue weighted by Gasteiger charge is -2.10. The second kappa shape index (κ2) is 5.70. The smallest absolute Gasteiger partial charge is 0.299 e. The number of pyridine rings is 1. The molecule has 0 amide bonds. The molecule has 4 heterocycles. The van der Waals surface area contributed by atoms with Crippen molar-refractivity contribution in [3.63, 3.8) is 0 Å². The maximum Gasteiger partial charge on any atom is 0.299 e. The molecule has 5 nitrogen and oxygen atoms in total. The Morgan fingerprint density at radius 3 is 2.79 bits per heavy atom. The minimum absolute atomic E-state index is 0.656. The number of fused-ring (bicyclic) bond motifs is 3. The number of hydrogen-bond donors (Lipinski definition) is 0. The third-order valence-electron chi connectivity index (χ3n) is 5.55. The van der Waals surface area contributed by atoms with Crippen LogP contribution < -0.4 is 4.90 Å². The van der Waals surface area contributed by atoms with Gasteiger partial charge in [0.15, 0.2) is 5.58 Å². The first-order chi connectivity index (χ1) is 13.7. The van der Waals surface area contributed by atoms with Gasteiger partial charge in [0.2, 0.25) is 0 Å². The van der Waals surface area contributed by atoms with Crippen molar-refractivity contribution in [1.29, 1.82) is 0 Å². The van der Waals surface area contributed by atoms with Crippen molar-refractivity contribution in [1.82, 2.24) is 14.5 Å². The lowest BCUT2D eigenvalue weighted by Crippen LogP contribution is -2.14. The highest BCUT2D eigenvalue weighted by atomic mass is 16.4. The molecule has 0 spiro atoms. The fourth-order valence-corrected chi connectivity index (χ4v) is 4.03. The van der Waals surface area contributed by atoms with Gasteiger partial charge in [0.25, 0.3) is 6.01 Å². The van der Waals surface area contributed by atoms with E-state index in [9.17, 15) is 0 Å². The number of hydrogen-bond acceptors (Lipinski definition) is 4. The van der Waals surface area contributed by atoms with Crippen LogP contribution in [0.2, 0.25) is 0 Å². The zero-order valence-electron chi connectivity index (χ0n) is 15.5. The van der Waals surface area contributed by atoms with Gasteiger partial charge in [-0.05, 0) is 53.1 Å². The van der Waals surface area contributed by atoms with Gasteiger partial charge in [-0.2, -0.15) is 4.98 Å². The van der Waals surface area contributed by atoms with Gasteiger partial charge in [-0.1, -0.05) is 18.2 Å². The van der Waals surface area contributed by atoms with Gasteiger partial charge in [-0.25, -0.2) is 0 Å². The fraction of sp³-hybridized carbons (Fsp3) is 0.130. The molecular formula is C23H18N4O. The number of benzene rings is 2. The van der Waals surface area contributed by atoms with Crippen LogP contribution in [0, 0.1) is 0 Å². The van der Waals surface area contributed by atoms with E-state index in [-0.39, 0.29) is 0 Å². The highest BCUT2D eigenvalue weighted by Crippen LogP contribution is 2.32. The summed E-state index contributed by atoms with van der Waals surface area (Å²) in [5.74, 6) is 0. The van der Waals surface area contributed by atoms with Crippen molar-refractivity contribution in [2.45, 2.75) is 13.1 Å². The molecule has 0 bridgehead atoms. The summed E-state index contributed by atoms with van der Waals surface area (Å²) in [7, 11) is 2.07. The first-order valence-corrected chi connectivity index (χ1v) is 9.38. The Balaban J connectivity index is 1.37. The van der Waals surface area contributed by atoms with Gasteiger partial charge < -0.3 is 13.9 Å². The second-order valence-electron chi connectivity index (χ2n) is 7.34. The maximum absolute atomic E-state index is 6.03. The van der Waals surface area contributed by atoms with Crippen LogP contribution in [0.25, 0.3) is 33.1 Å². The van der Waals surface area contributed by atoms with E-state index in [1.807, 2.05) is 18.3 Å². The molecule has 136 valence electrons. The number of rotatable bonds is 2. The number of nitrogens with zero attached hydrogens (tertiary/aromatic N) is 4. The number of aryl methyl sites for hydroxylation is 1. The predicted octanol–water partition coefficient (Wildman–Crippen LogP) is 4.90. The molecule has 2 aromatic carbocycles. The van der Waals surface area contributed by atoms with E-state index in [0.29, 0.717) is 6.01 Å². The summed E-state index contributed by atoms with van der Waals surface area (Å²) in [5.41, 5.74) is 7.58. The van der Waals surface area contributed by atoms with Crippen LogP contribution >= 0.6 is 0 Å². The Bertz CT molecular complexity index is 1320. The van der Waals surface area contributed by atoms with E-state index in [2.05, 4.69) is 70.2 Å². The Morgan fingerprint density at radius 1 is 0.964 bits per heavy atom. The summed E-state index contributed by atoms with van der Waals surface area (Å²) in [6.07, 6.45) is 3.93. The van der Waals surface area contributed by atoms with Gasteiger partial charge in [-0.3, -0.25) is 4.98 Å². The molecule has 5 aromatic rings. The fourth-order valence-electron chi connectivity index (χ4n) is 4.03. The number of oxazole rings is 1. The topological polar surface area (TPSA) is 47.1 Å². The summed E-state index contributed by atoms with van der Waals surface area (Å²) in [6, 6.07) is 19.7. The lowest BCUT2D eigenvalue weighted by atomic mass is 10.0. The van der Waals surface area contributed by atoms with Gasteiger partial charge in [-0.15, -0.1) is 0 Å². The van der Waals surface area contributed by atoms with Crippen molar-refractivity contribution in [2.75, 3.05) is 4.90 Å². The Hall–Kier alpha value is -3.60. The van der Waals surface area contributed by atoms with Gasteiger partial charge in [0.05, 0.1) is 12.2 Å². The Morgan fingerprint density at radius 2 is 1.86 bits per heavy atom. The van der Waals surface area contributed by atoms with Crippen molar-refractivity contribution in [3.05, 3.63) is 78.2 Å². The average Bonchev–Trinajstić information content (AvgIpc) is 3.43. The highest BCUT2D eigenvalue weighted by Gasteiger charge is 2.23. The SMILES string of the molecule is Cn1ccc2cc(-c3ccc4oc(N5Cc6cccnc6C5)nc4c3)ccc21. The van der Waals surface area contributed by atoms with Gasteiger partial charge in [0.1, 0.15) is 5.52 Å².